The summed E-state index contributed by atoms with van der Waals surface area (Å²) in [5.41, 5.74) is 8.33. The van der Waals surface area contributed by atoms with Gasteiger partial charge in [0, 0.05) is 36.8 Å². The molecule has 0 saturated carbocycles. The maximum Gasteiger partial charge on any atom is 0.133 e. The maximum atomic E-state index is 5.84. The van der Waals surface area contributed by atoms with Crippen molar-refractivity contribution in [2.24, 2.45) is 18.7 Å². The summed E-state index contributed by atoms with van der Waals surface area (Å²) in [6, 6.07) is 6.94. The van der Waals surface area contributed by atoms with E-state index in [4.69, 9.17) is 10.5 Å². The number of fused-ring (bicyclic) bond motifs is 1. The van der Waals surface area contributed by atoms with E-state index in [2.05, 4.69) is 48.0 Å². The van der Waals surface area contributed by atoms with Crippen molar-refractivity contribution in [3.8, 4) is 5.75 Å². The number of ether oxygens (including phenoxy) is 1. The number of methoxy groups -OCH3 is 1. The summed E-state index contributed by atoms with van der Waals surface area (Å²) < 4.78 is 7.86. The van der Waals surface area contributed by atoms with E-state index in [0.717, 1.165) is 25.3 Å². The van der Waals surface area contributed by atoms with Gasteiger partial charge < -0.3 is 15.0 Å². The van der Waals surface area contributed by atoms with Crippen LogP contribution < -0.4 is 10.5 Å². The van der Waals surface area contributed by atoms with Crippen molar-refractivity contribution < 1.29 is 4.74 Å². The first-order chi connectivity index (χ1) is 9.65. The first-order valence-electron chi connectivity index (χ1n) is 7.18. The zero-order valence-corrected chi connectivity index (χ0v) is 12.5. The third-order valence-corrected chi connectivity index (χ3v) is 4.58. The highest BCUT2D eigenvalue weighted by Crippen LogP contribution is 2.41. The normalized spacial score (nSPS) is 23.6. The number of hydrogen-bond acceptors (Lipinski definition) is 3. The second-order valence-electron chi connectivity index (χ2n) is 5.84. The van der Waals surface area contributed by atoms with Gasteiger partial charge in [-0.3, -0.25) is 4.90 Å². The average Bonchev–Trinajstić information content (AvgIpc) is 3.01. The molecule has 1 aromatic heterocycles. The highest BCUT2D eigenvalue weighted by atomic mass is 16.5. The summed E-state index contributed by atoms with van der Waals surface area (Å²) in [4.78, 5) is 2.39. The van der Waals surface area contributed by atoms with Crippen molar-refractivity contribution in [1.29, 1.82) is 0 Å². The van der Waals surface area contributed by atoms with Crippen LogP contribution in [-0.4, -0.2) is 36.7 Å². The highest BCUT2D eigenvalue weighted by molar-refractivity contribution is 5.88. The molecule has 2 heterocycles. The number of likely N-dealkylation sites (tertiary alicyclic amines) is 1. The van der Waals surface area contributed by atoms with E-state index in [9.17, 15) is 0 Å². The van der Waals surface area contributed by atoms with Crippen LogP contribution in [0.4, 0.5) is 0 Å². The van der Waals surface area contributed by atoms with Crippen LogP contribution >= 0.6 is 0 Å². The van der Waals surface area contributed by atoms with Crippen LogP contribution in [0.15, 0.2) is 24.4 Å². The molecule has 4 heteroatoms. The van der Waals surface area contributed by atoms with Gasteiger partial charge in [-0.25, -0.2) is 0 Å². The SMILES string of the molecule is COc1c(C2CC(CN)CN2C)ccc2c1ccn2C. The highest BCUT2D eigenvalue weighted by Gasteiger charge is 2.32. The van der Waals surface area contributed by atoms with Crippen LogP contribution in [0.5, 0.6) is 5.75 Å². The molecule has 108 valence electrons. The van der Waals surface area contributed by atoms with Gasteiger partial charge in [0.15, 0.2) is 0 Å². The van der Waals surface area contributed by atoms with Gasteiger partial charge in [-0.2, -0.15) is 0 Å². The van der Waals surface area contributed by atoms with Crippen molar-refractivity contribution >= 4 is 10.9 Å². The molecule has 1 aliphatic rings. The van der Waals surface area contributed by atoms with Crippen LogP contribution in [0.1, 0.15) is 18.0 Å². The quantitative estimate of drug-likeness (QED) is 0.931. The second-order valence-corrected chi connectivity index (χ2v) is 5.84. The van der Waals surface area contributed by atoms with Crippen molar-refractivity contribution in [3.63, 3.8) is 0 Å². The first kappa shape index (κ1) is 13.5. The minimum absolute atomic E-state index is 0.406. The lowest BCUT2D eigenvalue weighted by Gasteiger charge is -2.22. The standard InChI is InChI=1S/C16H23N3O/c1-18-7-6-13-14(18)5-4-12(16(13)20-3)15-8-11(9-17)10-19(15)2/h4-7,11,15H,8-10,17H2,1-3H3. The lowest BCUT2D eigenvalue weighted by molar-refractivity contribution is 0.304. The summed E-state index contributed by atoms with van der Waals surface area (Å²) in [7, 11) is 6.00. The Morgan fingerprint density at radius 1 is 1.30 bits per heavy atom. The van der Waals surface area contributed by atoms with Crippen molar-refractivity contribution in [2.45, 2.75) is 12.5 Å². The largest absolute Gasteiger partial charge is 0.496 e. The molecule has 2 aromatic rings. The van der Waals surface area contributed by atoms with Gasteiger partial charge in [0.25, 0.3) is 0 Å². The maximum absolute atomic E-state index is 5.84. The summed E-state index contributed by atoms with van der Waals surface area (Å²) in [6.07, 6.45) is 3.19. The van der Waals surface area contributed by atoms with Gasteiger partial charge in [0.2, 0.25) is 0 Å². The number of aryl methyl sites for hydroxylation is 1. The Balaban J connectivity index is 2.07. The summed E-state index contributed by atoms with van der Waals surface area (Å²) in [6.45, 7) is 1.83. The minimum atomic E-state index is 0.406. The summed E-state index contributed by atoms with van der Waals surface area (Å²) in [5, 5.41) is 1.19. The number of benzene rings is 1. The van der Waals surface area contributed by atoms with Crippen LogP contribution in [0.2, 0.25) is 0 Å². The predicted octanol–water partition coefficient (Wildman–Crippen LogP) is 2.14. The molecule has 2 N–H and O–H groups in total. The van der Waals surface area contributed by atoms with Crippen LogP contribution in [0.25, 0.3) is 10.9 Å². The van der Waals surface area contributed by atoms with E-state index in [1.807, 2.05) is 0 Å². The van der Waals surface area contributed by atoms with Gasteiger partial charge in [-0.05, 0) is 38.1 Å². The van der Waals surface area contributed by atoms with Gasteiger partial charge in [-0.1, -0.05) is 6.07 Å². The Kier molecular flexibility index (Phi) is 3.44. The Labute approximate surface area is 120 Å². The van der Waals surface area contributed by atoms with Crippen LogP contribution in [0, 0.1) is 5.92 Å². The van der Waals surface area contributed by atoms with Crippen LogP contribution in [-0.2, 0) is 7.05 Å². The van der Waals surface area contributed by atoms with E-state index < -0.39 is 0 Å². The van der Waals surface area contributed by atoms with Crippen molar-refractivity contribution in [3.05, 3.63) is 30.0 Å². The molecule has 2 atom stereocenters. The molecule has 0 aliphatic carbocycles. The first-order valence-corrected chi connectivity index (χ1v) is 7.18. The number of nitrogens with two attached hydrogens (primary N) is 1. The Hall–Kier alpha value is -1.52. The molecule has 2 unspecified atom stereocenters. The fourth-order valence-electron chi connectivity index (χ4n) is 3.47. The Morgan fingerprint density at radius 3 is 2.75 bits per heavy atom. The molecule has 0 bridgehead atoms. The fourth-order valence-corrected chi connectivity index (χ4v) is 3.47. The second kappa shape index (κ2) is 5.11. The molecular weight excluding hydrogens is 250 g/mol. The molecule has 1 fully saturated rings. The molecule has 0 radical (unpaired) electrons. The molecule has 4 nitrogen and oxygen atoms in total. The number of aromatic nitrogens is 1. The van der Waals surface area contributed by atoms with Gasteiger partial charge in [-0.15, -0.1) is 0 Å². The predicted molar refractivity (Wildman–Crippen MR) is 82.0 cm³/mol. The molecule has 1 aliphatic heterocycles. The topological polar surface area (TPSA) is 43.4 Å². The number of nitrogens with zero attached hydrogens (tertiary/aromatic N) is 2. The van der Waals surface area contributed by atoms with Gasteiger partial charge in [0.1, 0.15) is 5.75 Å². The average molecular weight is 273 g/mol. The molecule has 0 amide bonds. The van der Waals surface area contributed by atoms with E-state index in [-0.39, 0.29) is 0 Å². The molecule has 20 heavy (non-hydrogen) atoms. The molecule has 1 aromatic carbocycles. The molecule has 1 saturated heterocycles. The van der Waals surface area contributed by atoms with E-state index in [1.54, 1.807) is 7.11 Å². The van der Waals surface area contributed by atoms with Crippen molar-refractivity contribution in [1.82, 2.24) is 9.47 Å². The van der Waals surface area contributed by atoms with E-state index in [1.165, 1.54) is 16.5 Å². The lowest BCUT2D eigenvalue weighted by atomic mass is 9.97. The summed E-state index contributed by atoms with van der Waals surface area (Å²) >= 11 is 0. The smallest absolute Gasteiger partial charge is 0.133 e. The van der Waals surface area contributed by atoms with Crippen LogP contribution in [0.3, 0.4) is 0 Å². The monoisotopic (exact) mass is 273 g/mol. The fraction of sp³-hybridized carbons (Fsp3) is 0.500. The third kappa shape index (κ3) is 2.00. The number of hydrogen-bond donors (Lipinski definition) is 1. The zero-order chi connectivity index (χ0) is 14.3. The molecule has 0 spiro atoms. The third-order valence-electron chi connectivity index (χ3n) is 4.58. The zero-order valence-electron chi connectivity index (χ0n) is 12.5. The van der Waals surface area contributed by atoms with E-state index >= 15 is 0 Å². The Morgan fingerprint density at radius 2 is 2.10 bits per heavy atom. The summed E-state index contributed by atoms with van der Waals surface area (Å²) in [5.74, 6) is 1.60. The molecular formula is C16H23N3O. The van der Waals surface area contributed by atoms with Gasteiger partial charge >= 0.3 is 0 Å². The Bertz CT molecular complexity index is 619. The number of rotatable bonds is 3. The van der Waals surface area contributed by atoms with E-state index in [0.29, 0.717) is 12.0 Å². The minimum Gasteiger partial charge on any atom is -0.496 e. The van der Waals surface area contributed by atoms with Gasteiger partial charge in [0.05, 0.1) is 12.6 Å². The van der Waals surface area contributed by atoms with Crippen molar-refractivity contribution in [2.75, 3.05) is 27.2 Å². The molecule has 3 rings (SSSR count). The lowest BCUT2D eigenvalue weighted by Crippen LogP contribution is -2.20.